The summed E-state index contributed by atoms with van der Waals surface area (Å²) in [4.78, 5) is 2.41. The van der Waals surface area contributed by atoms with Crippen LogP contribution in [0.5, 0.6) is 0 Å². The normalized spacial score (nSPS) is 18.2. The molecule has 0 heterocycles. The monoisotopic (exact) mass is 260 g/mol. The number of rotatable bonds is 5. The Morgan fingerprint density at radius 2 is 1.89 bits per heavy atom. The van der Waals surface area contributed by atoms with E-state index in [1.807, 2.05) is 0 Å². The minimum Gasteiger partial charge on any atom is -0.323 e. The molecule has 1 aromatic carbocycles. The van der Waals surface area contributed by atoms with E-state index in [0.29, 0.717) is 0 Å². The lowest BCUT2D eigenvalue weighted by Gasteiger charge is -2.24. The van der Waals surface area contributed by atoms with Gasteiger partial charge in [-0.25, -0.2) is 0 Å². The van der Waals surface area contributed by atoms with Crippen LogP contribution in [0.25, 0.3) is 0 Å². The van der Waals surface area contributed by atoms with Crippen molar-refractivity contribution in [3.8, 4) is 0 Å². The van der Waals surface area contributed by atoms with E-state index in [0.717, 1.165) is 12.5 Å². The first kappa shape index (κ1) is 14.5. The number of likely N-dealkylation sites (N-methyl/N-ethyl adjacent to an activating group) is 1. The van der Waals surface area contributed by atoms with E-state index in [1.165, 1.54) is 48.9 Å². The van der Waals surface area contributed by atoms with Crippen molar-refractivity contribution in [3.63, 3.8) is 0 Å². The second-order valence-electron chi connectivity index (χ2n) is 6.32. The Bertz CT molecular complexity index is 408. The molecule has 1 aromatic rings. The van der Waals surface area contributed by atoms with Crippen LogP contribution in [-0.2, 0) is 0 Å². The van der Waals surface area contributed by atoms with Crippen molar-refractivity contribution >= 4 is 0 Å². The van der Waals surface area contributed by atoms with E-state index in [4.69, 9.17) is 5.73 Å². The number of aryl methyl sites for hydroxylation is 2. The van der Waals surface area contributed by atoms with Crippen molar-refractivity contribution in [3.05, 3.63) is 34.9 Å². The molecular weight excluding hydrogens is 232 g/mol. The first-order valence-corrected chi connectivity index (χ1v) is 7.57. The summed E-state index contributed by atoms with van der Waals surface area (Å²) < 4.78 is 0. The van der Waals surface area contributed by atoms with E-state index >= 15 is 0 Å². The highest BCUT2D eigenvalue weighted by atomic mass is 15.1. The summed E-state index contributed by atoms with van der Waals surface area (Å²) in [5.41, 5.74) is 10.3. The fourth-order valence-corrected chi connectivity index (χ4v) is 3.14. The summed E-state index contributed by atoms with van der Waals surface area (Å²) in [6.45, 7) is 6.47. The van der Waals surface area contributed by atoms with Crippen LogP contribution in [0.15, 0.2) is 18.2 Å². The van der Waals surface area contributed by atoms with Crippen LogP contribution in [0.3, 0.4) is 0 Å². The Morgan fingerprint density at radius 3 is 2.53 bits per heavy atom. The molecule has 0 aliphatic heterocycles. The van der Waals surface area contributed by atoms with Gasteiger partial charge in [0.05, 0.1) is 0 Å². The SMILES string of the molecule is Cc1ccc(C(N)CN(C)CC2CCCC2)cc1C. The number of nitrogens with two attached hydrogens (primary N) is 1. The first-order chi connectivity index (χ1) is 9.06. The maximum Gasteiger partial charge on any atom is 0.0424 e. The molecule has 1 atom stereocenters. The third-order valence-electron chi connectivity index (χ3n) is 4.51. The third kappa shape index (κ3) is 4.05. The molecule has 0 aromatic heterocycles. The maximum atomic E-state index is 6.35. The highest BCUT2D eigenvalue weighted by molar-refractivity contribution is 5.31. The zero-order valence-electron chi connectivity index (χ0n) is 12.7. The Morgan fingerprint density at radius 1 is 1.21 bits per heavy atom. The smallest absolute Gasteiger partial charge is 0.0424 e. The largest absolute Gasteiger partial charge is 0.323 e. The summed E-state index contributed by atoms with van der Waals surface area (Å²) in [6, 6.07) is 6.73. The van der Waals surface area contributed by atoms with Gasteiger partial charge in [0, 0.05) is 19.1 Å². The van der Waals surface area contributed by atoms with Crippen LogP contribution in [0.2, 0.25) is 0 Å². The maximum absolute atomic E-state index is 6.35. The van der Waals surface area contributed by atoms with Gasteiger partial charge in [-0.2, -0.15) is 0 Å². The van der Waals surface area contributed by atoms with Crippen LogP contribution in [0.1, 0.15) is 48.4 Å². The van der Waals surface area contributed by atoms with Gasteiger partial charge in [-0.3, -0.25) is 0 Å². The molecule has 1 saturated carbocycles. The molecule has 1 unspecified atom stereocenters. The molecule has 106 valence electrons. The van der Waals surface area contributed by atoms with Crippen molar-refractivity contribution in [2.24, 2.45) is 11.7 Å². The average Bonchev–Trinajstić information content (AvgIpc) is 2.85. The molecule has 2 rings (SSSR count). The number of benzene rings is 1. The van der Waals surface area contributed by atoms with Crippen LogP contribution in [-0.4, -0.2) is 25.0 Å². The van der Waals surface area contributed by atoms with Crippen molar-refractivity contribution in [2.75, 3.05) is 20.1 Å². The van der Waals surface area contributed by atoms with E-state index in [2.05, 4.69) is 44.0 Å². The lowest BCUT2D eigenvalue weighted by atomic mass is 10.0. The molecule has 2 nitrogen and oxygen atoms in total. The van der Waals surface area contributed by atoms with Crippen LogP contribution in [0, 0.1) is 19.8 Å². The average molecular weight is 260 g/mol. The molecule has 1 fully saturated rings. The standard InChI is InChI=1S/C17H28N2/c1-13-8-9-16(10-14(13)2)17(18)12-19(3)11-15-6-4-5-7-15/h8-10,15,17H,4-7,11-12,18H2,1-3H3. The second-order valence-corrected chi connectivity index (χ2v) is 6.32. The molecule has 0 bridgehead atoms. The molecule has 1 aliphatic carbocycles. The van der Waals surface area contributed by atoms with Crippen molar-refractivity contribution in [1.29, 1.82) is 0 Å². The minimum absolute atomic E-state index is 0.130. The fourth-order valence-electron chi connectivity index (χ4n) is 3.14. The summed E-state index contributed by atoms with van der Waals surface area (Å²) in [5.74, 6) is 0.900. The van der Waals surface area contributed by atoms with Gasteiger partial charge in [0.25, 0.3) is 0 Å². The number of hydrogen-bond donors (Lipinski definition) is 1. The van der Waals surface area contributed by atoms with E-state index in [1.54, 1.807) is 0 Å². The summed E-state index contributed by atoms with van der Waals surface area (Å²) in [5, 5.41) is 0. The number of nitrogens with zero attached hydrogens (tertiary/aromatic N) is 1. The highest BCUT2D eigenvalue weighted by Gasteiger charge is 2.18. The van der Waals surface area contributed by atoms with Gasteiger partial charge in [0.1, 0.15) is 0 Å². The fraction of sp³-hybridized carbons (Fsp3) is 0.647. The Kier molecular flexibility index (Phi) is 5.00. The predicted octanol–water partition coefficient (Wildman–Crippen LogP) is 3.43. The first-order valence-electron chi connectivity index (χ1n) is 7.57. The highest BCUT2D eigenvalue weighted by Crippen LogP contribution is 2.25. The van der Waals surface area contributed by atoms with Gasteiger partial charge in [-0.15, -0.1) is 0 Å². The molecule has 0 saturated heterocycles. The third-order valence-corrected chi connectivity index (χ3v) is 4.51. The quantitative estimate of drug-likeness (QED) is 0.879. The van der Waals surface area contributed by atoms with Gasteiger partial charge in [0.15, 0.2) is 0 Å². The van der Waals surface area contributed by atoms with Gasteiger partial charge < -0.3 is 10.6 Å². The van der Waals surface area contributed by atoms with E-state index < -0.39 is 0 Å². The van der Waals surface area contributed by atoms with Gasteiger partial charge in [-0.1, -0.05) is 31.0 Å². The lowest BCUT2D eigenvalue weighted by molar-refractivity contribution is 0.263. The molecule has 19 heavy (non-hydrogen) atoms. The Hall–Kier alpha value is -0.860. The topological polar surface area (TPSA) is 29.3 Å². The second kappa shape index (κ2) is 6.53. The Balaban J connectivity index is 1.88. The molecule has 0 amide bonds. The Labute approximate surface area is 118 Å². The minimum atomic E-state index is 0.130. The van der Waals surface area contributed by atoms with Crippen LogP contribution >= 0.6 is 0 Å². The van der Waals surface area contributed by atoms with E-state index in [9.17, 15) is 0 Å². The molecule has 2 heteroatoms. The summed E-state index contributed by atoms with van der Waals surface area (Å²) >= 11 is 0. The zero-order valence-corrected chi connectivity index (χ0v) is 12.7. The molecule has 0 spiro atoms. The van der Waals surface area contributed by atoms with Crippen molar-refractivity contribution in [1.82, 2.24) is 4.90 Å². The zero-order chi connectivity index (χ0) is 13.8. The molecular formula is C17H28N2. The van der Waals surface area contributed by atoms with Crippen LogP contribution < -0.4 is 5.73 Å². The van der Waals surface area contributed by atoms with Gasteiger partial charge >= 0.3 is 0 Å². The molecule has 1 aliphatic rings. The molecule has 2 N–H and O–H groups in total. The predicted molar refractivity (Wildman–Crippen MR) is 82.3 cm³/mol. The van der Waals surface area contributed by atoms with Crippen molar-refractivity contribution < 1.29 is 0 Å². The van der Waals surface area contributed by atoms with Crippen molar-refractivity contribution in [2.45, 2.75) is 45.6 Å². The number of hydrogen-bond acceptors (Lipinski definition) is 2. The van der Waals surface area contributed by atoms with Crippen LogP contribution in [0.4, 0.5) is 0 Å². The van der Waals surface area contributed by atoms with Gasteiger partial charge in [-0.05, 0) is 56.3 Å². The summed E-state index contributed by atoms with van der Waals surface area (Å²) in [7, 11) is 2.21. The lowest BCUT2D eigenvalue weighted by Crippen LogP contribution is -2.32. The van der Waals surface area contributed by atoms with Gasteiger partial charge in [0.2, 0.25) is 0 Å². The molecule has 0 radical (unpaired) electrons. The summed E-state index contributed by atoms with van der Waals surface area (Å²) in [6.07, 6.45) is 5.65. The van der Waals surface area contributed by atoms with E-state index in [-0.39, 0.29) is 6.04 Å².